The first kappa shape index (κ1) is 15.3. The van der Waals surface area contributed by atoms with Gasteiger partial charge in [0.2, 0.25) is 0 Å². The molecule has 0 spiro atoms. The molecule has 6 heteroatoms. The Morgan fingerprint density at radius 1 is 1.26 bits per heavy atom. The number of nitrogens with zero attached hydrogens (tertiary/aromatic N) is 4. The first-order chi connectivity index (χ1) is 11.1. The molecule has 0 aliphatic rings. The molecule has 0 saturated heterocycles. The van der Waals surface area contributed by atoms with Crippen molar-refractivity contribution in [1.29, 1.82) is 0 Å². The van der Waals surface area contributed by atoms with Crippen LogP contribution < -0.4 is 5.32 Å². The zero-order valence-corrected chi connectivity index (χ0v) is 13.7. The summed E-state index contributed by atoms with van der Waals surface area (Å²) in [6, 6.07) is 8.11. The van der Waals surface area contributed by atoms with Gasteiger partial charge >= 0.3 is 0 Å². The zero-order valence-electron chi connectivity index (χ0n) is 13.7. The Bertz CT molecular complexity index is 846. The number of hydrogen-bond acceptors (Lipinski definition) is 3. The third kappa shape index (κ3) is 2.97. The van der Waals surface area contributed by atoms with Crippen molar-refractivity contribution in [2.75, 3.05) is 6.54 Å². The number of nitrogens with one attached hydrogen (secondary N) is 1. The van der Waals surface area contributed by atoms with E-state index in [-0.39, 0.29) is 5.91 Å². The number of hydrogen-bond donors (Lipinski definition) is 1. The van der Waals surface area contributed by atoms with E-state index in [2.05, 4.69) is 26.0 Å². The second-order valence-electron chi connectivity index (χ2n) is 5.68. The van der Waals surface area contributed by atoms with Crippen LogP contribution in [0.25, 0.3) is 11.0 Å². The van der Waals surface area contributed by atoms with E-state index in [0.717, 1.165) is 35.5 Å². The first-order valence-electron chi connectivity index (χ1n) is 7.76. The standard InChI is InChI=1S/C17H21N5O/c1-12-14(11-19-21(12)3)17(23)18-9-6-10-22-13(2)20-15-7-4-5-8-16(15)22/h4-5,7-8,11H,6,9-10H2,1-3H3,(H,18,23). The highest BCUT2D eigenvalue weighted by Crippen LogP contribution is 2.15. The van der Waals surface area contributed by atoms with Gasteiger partial charge in [-0.3, -0.25) is 9.48 Å². The Labute approximate surface area is 135 Å². The molecule has 1 amide bonds. The Balaban J connectivity index is 1.58. The molecule has 3 rings (SSSR count). The van der Waals surface area contributed by atoms with E-state index in [4.69, 9.17) is 0 Å². The SMILES string of the molecule is Cc1c(C(=O)NCCCn2c(C)nc3ccccc32)cnn1C. The largest absolute Gasteiger partial charge is 0.352 e. The molecule has 2 aromatic heterocycles. The molecule has 0 unspecified atom stereocenters. The molecule has 2 heterocycles. The van der Waals surface area contributed by atoms with Gasteiger partial charge in [-0.25, -0.2) is 4.98 Å². The van der Waals surface area contributed by atoms with Gasteiger partial charge in [0, 0.05) is 25.8 Å². The summed E-state index contributed by atoms with van der Waals surface area (Å²) in [6.07, 6.45) is 2.46. The predicted molar refractivity (Wildman–Crippen MR) is 89.4 cm³/mol. The van der Waals surface area contributed by atoms with E-state index >= 15 is 0 Å². The Morgan fingerprint density at radius 3 is 2.78 bits per heavy atom. The molecular weight excluding hydrogens is 290 g/mol. The lowest BCUT2D eigenvalue weighted by Crippen LogP contribution is -2.25. The average molecular weight is 311 g/mol. The third-order valence-corrected chi connectivity index (χ3v) is 4.17. The van der Waals surface area contributed by atoms with E-state index in [0.29, 0.717) is 12.1 Å². The van der Waals surface area contributed by atoms with Crippen LogP contribution in [-0.2, 0) is 13.6 Å². The fourth-order valence-corrected chi connectivity index (χ4v) is 2.73. The van der Waals surface area contributed by atoms with Gasteiger partial charge in [-0.05, 0) is 32.4 Å². The van der Waals surface area contributed by atoms with Crippen LogP contribution in [0.2, 0.25) is 0 Å². The molecule has 0 aliphatic carbocycles. The van der Waals surface area contributed by atoms with Gasteiger partial charge in [0.1, 0.15) is 5.82 Å². The van der Waals surface area contributed by atoms with E-state index in [9.17, 15) is 4.79 Å². The molecule has 1 N–H and O–H groups in total. The number of aromatic nitrogens is 4. The quantitative estimate of drug-likeness (QED) is 0.735. The molecule has 6 nitrogen and oxygen atoms in total. The van der Waals surface area contributed by atoms with Crippen LogP contribution in [0.15, 0.2) is 30.5 Å². The molecule has 0 saturated carbocycles. The molecule has 0 fully saturated rings. The summed E-state index contributed by atoms with van der Waals surface area (Å²) in [5, 5.41) is 7.05. The van der Waals surface area contributed by atoms with Gasteiger partial charge in [-0.15, -0.1) is 0 Å². The van der Waals surface area contributed by atoms with E-state index in [1.807, 2.05) is 39.1 Å². The van der Waals surface area contributed by atoms with Gasteiger partial charge in [0.05, 0.1) is 22.8 Å². The minimum atomic E-state index is -0.0668. The Hall–Kier alpha value is -2.63. The van der Waals surface area contributed by atoms with E-state index in [1.54, 1.807) is 10.9 Å². The van der Waals surface area contributed by atoms with Crippen LogP contribution in [0, 0.1) is 13.8 Å². The van der Waals surface area contributed by atoms with Gasteiger partial charge in [-0.1, -0.05) is 12.1 Å². The second-order valence-corrected chi connectivity index (χ2v) is 5.68. The molecule has 120 valence electrons. The molecule has 23 heavy (non-hydrogen) atoms. The van der Waals surface area contributed by atoms with Gasteiger partial charge in [0.15, 0.2) is 0 Å². The molecule has 1 aromatic carbocycles. The molecule has 3 aromatic rings. The van der Waals surface area contributed by atoms with Crippen molar-refractivity contribution in [3.63, 3.8) is 0 Å². The lowest BCUT2D eigenvalue weighted by atomic mass is 10.2. The summed E-state index contributed by atoms with van der Waals surface area (Å²) in [4.78, 5) is 16.7. The summed E-state index contributed by atoms with van der Waals surface area (Å²) in [7, 11) is 1.83. The van der Waals surface area contributed by atoms with Gasteiger partial charge in [0.25, 0.3) is 5.91 Å². The maximum Gasteiger partial charge on any atom is 0.254 e. The van der Waals surface area contributed by atoms with E-state index < -0.39 is 0 Å². The maximum atomic E-state index is 12.1. The number of carbonyl (C=O) groups excluding carboxylic acids is 1. The number of benzene rings is 1. The number of aryl methyl sites for hydroxylation is 3. The lowest BCUT2D eigenvalue weighted by molar-refractivity contribution is 0.0952. The first-order valence-corrected chi connectivity index (χ1v) is 7.76. The minimum absolute atomic E-state index is 0.0668. The Morgan fingerprint density at radius 2 is 2.04 bits per heavy atom. The fourth-order valence-electron chi connectivity index (χ4n) is 2.73. The number of amides is 1. The van der Waals surface area contributed by atoms with Crippen LogP contribution in [0.4, 0.5) is 0 Å². The lowest BCUT2D eigenvalue weighted by Gasteiger charge is -2.08. The smallest absolute Gasteiger partial charge is 0.254 e. The van der Waals surface area contributed by atoms with Crippen LogP contribution >= 0.6 is 0 Å². The monoisotopic (exact) mass is 311 g/mol. The van der Waals surface area contributed by atoms with Crippen LogP contribution in [0.5, 0.6) is 0 Å². The molecular formula is C17H21N5O. The van der Waals surface area contributed by atoms with Crippen LogP contribution in [-0.4, -0.2) is 31.8 Å². The second kappa shape index (κ2) is 6.24. The highest BCUT2D eigenvalue weighted by molar-refractivity contribution is 5.94. The number of imidazole rings is 1. The van der Waals surface area contributed by atoms with Crippen molar-refractivity contribution in [2.24, 2.45) is 7.05 Å². The molecule has 0 radical (unpaired) electrons. The summed E-state index contributed by atoms with van der Waals surface area (Å²) < 4.78 is 3.90. The number of fused-ring (bicyclic) bond motifs is 1. The van der Waals surface area contributed by atoms with Crippen molar-refractivity contribution < 1.29 is 4.79 Å². The average Bonchev–Trinajstić information content (AvgIpc) is 3.04. The van der Waals surface area contributed by atoms with Crippen molar-refractivity contribution in [2.45, 2.75) is 26.8 Å². The van der Waals surface area contributed by atoms with Gasteiger partial charge in [-0.2, -0.15) is 5.10 Å². The summed E-state index contributed by atoms with van der Waals surface area (Å²) in [6.45, 7) is 5.36. The van der Waals surface area contributed by atoms with Crippen LogP contribution in [0.3, 0.4) is 0 Å². The minimum Gasteiger partial charge on any atom is -0.352 e. The predicted octanol–water partition coefficient (Wildman–Crippen LogP) is 2.21. The van der Waals surface area contributed by atoms with Crippen molar-refractivity contribution in [3.05, 3.63) is 47.5 Å². The number of para-hydroxylation sites is 2. The number of rotatable bonds is 5. The Kier molecular flexibility index (Phi) is 4.14. The summed E-state index contributed by atoms with van der Waals surface area (Å²) in [5.41, 5.74) is 3.66. The van der Waals surface area contributed by atoms with Crippen molar-refractivity contribution in [1.82, 2.24) is 24.6 Å². The van der Waals surface area contributed by atoms with Crippen LogP contribution in [0.1, 0.15) is 28.3 Å². The fraction of sp³-hybridized carbons (Fsp3) is 0.353. The molecule has 0 aliphatic heterocycles. The maximum absolute atomic E-state index is 12.1. The zero-order chi connectivity index (χ0) is 16.4. The normalized spacial score (nSPS) is 11.1. The highest BCUT2D eigenvalue weighted by atomic mass is 16.1. The topological polar surface area (TPSA) is 64.7 Å². The number of carbonyl (C=O) groups is 1. The van der Waals surface area contributed by atoms with Gasteiger partial charge < -0.3 is 9.88 Å². The third-order valence-electron chi connectivity index (χ3n) is 4.17. The van der Waals surface area contributed by atoms with Crippen molar-refractivity contribution >= 4 is 16.9 Å². The molecule has 0 atom stereocenters. The summed E-state index contributed by atoms with van der Waals surface area (Å²) in [5.74, 6) is 0.934. The summed E-state index contributed by atoms with van der Waals surface area (Å²) >= 11 is 0. The highest BCUT2D eigenvalue weighted by Gasteiger charge is 2.12. The molecule has 0 bridgehead atoms. The van der Waals surface area contributed by atoms with Crippen molar-refractivity contribution in [3.8, 4) is 0 Å². The van der Waals surface area contributed by atoms with E-state index in [1.165, 1.54) is 0 Å².